The largest absolute Gasteiger partial charge is 0.391 e. The van der Waals surface area contributed by atoms with E-state index in [4.69, 9.17) is 17.0 Å². The zero-order valence-corrected chi connectivity index (χ0v) is 17.0. The van der Waals surface area contributed by atoms with Crippen molar-refractivity contribution in [2.75, 3.05) is 0 Å². The Morgan fingerprint density at radius 3 is 2.28 bits per heavy atom. The molecule has 0 radical (unpaired) electrons. The molecule has 9 nitrogen and oxygen atoms in total. The zero-order chi connectivity index (χ0) is 22.0. The molecule has 1 aromatic carbocycles. The van der Waals surface area contributed by atoms with Gasteiger partial charge < -0.3 is 26.5 Å². The van der Waals surface area contributed by atoms with Crippen LogP contribution in [0.15, 0.2) is 24.3 Å². The second kappa shape index (κ2) is 11.9. The molecule has 3 atom stereocenters. The van der Waals surface area contributed by atoms with Gasteiger partial charge in [-0.1, -0.05) is 23.7 Å². The van der Waals surface area contributed by atoms with Crippen molar-refractivity contribution in [3.63, 3.8) is 0 Å². The van der Waals surface area contributed by atoms with Gasteiger partial charge in [-0.15, -0.1) is 0 Å². The molecule has 29 heavy (non-hydrogen) atoms. The van der Waals surface area contributed by atoms with Crippen molar-refractivity contribution in [2.45, 2.75) is 51.4 Å². The van der Waals surface area contributed by atoms with E-state index in [1.165, 1.54) is 13.8 Å². The van der Waals surface area contributed by atoms with E-state index in [9.17, 15) is 24.3 Å². The van der Waals surface area contributed by atoms with Crippen LogP contribution in [0.3, 0.4) is 0 Å². The Labute approximate surface area is 173 Å². The summed E-state index contributed by atoms with van der Waals surface area (Å²) in [7, 11) is 0. The standard InChI is InChI=1S/C19H25ClN4O5/c1-11(25)17(23-12(2)26)19(29)24-16(8-7-15(27)9-21)18(28)22-10-13-3-5-14(20)6-4-13/h3-6,9,11,16-17,21,25H,7-8,10H2,1-2H3,(H,22,28)(H,23,26)(H,24,29)/t11?,16-,17-/m0/s1. The van der Waals surface area contributed by atoms with Gasteiger partial charge in [0.05, 0.1) is 12.3 Å². The van der Waals surface area contributed by atoms with E-state index in [0.717, 1.165) is 5.56 Å². The Hall–Kier alpha value is -2.78. The normalized spacial score (nSPS) is 13.5. The highest BCUT2D eigenvalue weighted by Crippen LogP contribution is 2.09. The molecule has 0 fully saturated rings. The number of benzene rings is 1. The molecule has 158 valence electrons. The van der Waals surface area contributed by atoms with Crippen molar-refractivity contribution in [1.82, 2.24) is 16.0 Å². The fourth-order valence-electron chi connectivity index (χ4n) is 2.43. The van der Waals surface area contributed by atoms with Crippen LogP contribution >= 0.6 is 11.6 Å². The molecule has 10 heteroatoms. The average molecular weight is 425 g/mol. The Bertz CT molecular complexity index is 751. The number of amides is 3. The van der Waals surface area contributed by atoms with Crippen molar-refractivity contribution < 1.29 is 24.3 Å². The molecule has 0 heterocycles. The molecule has 5 N–H and O–H groups in total. The number of ketones is 1. The first-order chi connectivity index (χ1) is 13.6. The molecule has 0 aromatic heterocycles. The highest BCUT2D eigenvalue weighted by molar-refractivity contribution is 6.30. The lowest BCUT2D eigenvalue weighted by atomic mass is 10.1. The van der Waals surface area contributed by atoms with Crippen LogP contribution in [-0.4, -0.2) is 53.0 Å². The Morgan fingerprint density at radius 1 is 1.14 bits per heavy atom. The molecule has 0 aliphatic carbocycles. The number of hydrogen-bond acceptors (Lipinski definition) is 6. The summed E-state index contributed by atoms with van der Waals surface area (Å²) < 4.78 is 0. The van der Waals surface area contributed by atoms with Crippen LogP contribution in [0.4, 0.5) is 0 Å². The molecule has 0 saturated carbocycles. The second-order valence-corrected chi connectivity index (χ2v) is 6.91. The van der Waals surface area contributed by atoms with Crippen LogP contribution in [0.25, 0.3) is 0 Å². The highest BCUT2D eigenvalue weighted by atomic mass is 35.5. The van der Waals surface area contributed by atoms with E-state index >= 15 is 0 Å². The van der Waals surface area contributed by atoms with Crippen molar-refractivity contribution in [3.05, 3.63) is 34.9 Å². The van der Waals surface area contributed by atoms with E-state index in [1.54, 1.807) is 24.3 Å². The van der Waals surface area contributed by atoms with E-state index in [2.05, 4.69) is 16.0 Å². The molecule has 0 aliphatic heterocycles. The maximum atomic E-state index is 12.6. The van der Waals surface area contributed by atoms with Gasteiger partial charge in [0.2, 0.25) is 17.7 Å². The van der Waals surface area contributed by atoms with Gasteiger partial charge in [0.1, 0.15) is 12.1 Å². The lowest BCUT2D eigenvalue weighted by Gasteiger charge is -2.24. The van der Waals surface area contributed by atoms with Crippen molar-refractivity contribution in [3.8, 4) is 0 Å². The first kappa shape index (κ1) is 24.3. The van der Waals surface area contributed by atoms with Crippen LogP contribution in [-0.2, 0) is 25.7 Å². The number of aliphatic hydroxyl groups is 1. The van der Waals surface area contributed by atoms with Crippen molar-refractivity contribution in [1.29, 1.82) is 5.41 Å². The summed E-state index contributed by atoms with van der Waals surface area (Å²) in [6.07, 6.45) is -0.721. The molecule has 1 aromatic rings. The van der Waals surface area contributed by atoms with Gasteiger partial charge in [0.15, 0.2) is 5.78 Å². The van der Waals surface area contributed by atoms with E-state index in [1.807, 2.05) is 0 Å². The SMILES string of the molecule is CC(=O)N[C@H](C(=O)N[C@@H](CCC(=O)C=N)C(=O)NCc1ccc(Cl)cc1)C(C)O. The number of carbonyl (C=O) groups is 4. The lowest BCUT2D eigenvalue weighted by molar-refractivity contribution is -0.134. The molecule has 1 unspecified atom stereocenters. The molecule has 3 amide bonds. The van der Waals surface area contributed by atoms with Gasteiger partial charge in [-0.05, 0) is 31.0 Å². The van der Waals surface area contributed by atoms with Gasteiger partial charge in [-0.2, -0.15) is 0 Å². The predicted molar refractivity (Wildman–Crippen MR) is 108 cm³/mol. The van der Waals surface area contributed by atoms with Crippen molar-refractivity contribution in [2.24, 2.45) is 0 Å². The minimum Gasteiger partial charge on any atom is -0.391 e. The van der Waals surface area contributed by atoms with Crippen molar-refractivity contribution >= 4 is 41.3 Å². The fourth-order valence-corrected chi connectivity index (χ4v) is 2.55. The Morgan fingerprint density at radius 2 is 1.76 bits per heavy atom. The van der Waals surface area contributed by atoms with Gasteiger partial charge in [-0.3, -0.25) is 19.2 Å². The van der Waals surface area contributed by atoms with Crippen LogP contribution in [0.1, 0.15) is 32.3 Å². The summed E-state index contributed by atoms with van der Waals surface area (Å²) in [5, 5.41) is 24.7. The number of Topliss-reactive ketones (excluding diaryl/α,β-unsaturated/α-hetero) is 1. The third-order valence-electron chi connectivity index (χ3n) is 3.98. The Balaban J connectivity index is 2.84. The minimum atomic E-state index is -1.25. The molecule has 0 bridgehead atoms. The summed E-state index contributed by atoms with van der Waals surface area (Å²) in [5.74, 6) is -2.32. The highest BCUT2D eigenvalue weighted by Gasteiger charge is 2.29. The zero-order valence-electron chi connectivity index (χ0n) is 16.2. The van der Waals surface area contributed by atoms with Gasteiger partial charge in [0.25, 0.3) is 0 Å². The van der Waals surface area contributed by atoms with Gasteiger partial charge in [0, 0.05) is 24.9 Å². The molecular weight excluding hydrogens is 400 g/mol. The number of aliphatic hydroxyl groups excluding tert-OH is 1. The maximum absolute atomic E-state index is 12.6. The van der Waals surface area contributed by atoms with Crippen LogP contribution in [0.2, 0.25) is 5.02 Å². The summed E-state index contributed by atoms with van der Waals surface area (Å²) in [6.45, 7) is 2.70. The summed E-state index contributed by atoms with van der Waals surface area (Å²) in [4.78, 5) is 47.7. The van der Waals surface area contributed by atoms with Crippen LogP contribution in [0.5, 0.6) is 0 Å². The van der Waals surface area contributed by atoms with E-state index < -0.39 is 41.7 Å². The van der Waals surface area contributed by atoms with Crippen LogP contribution < -0.4 is 16.0 Å². The minimum absolute atomic E-state index is 0.0427. The number of hydrogen-bond donors (Lipinski definition) is 5. The maximum Gasteiger partial charge on any atom is 0.245 e. The van der Waals surface area contributed by atoms with Gasteiger partial charge >= 0.3 is 0 Å². The number of rotatable bonds is 11. The van der Waals surface area contributed by atoms with E-state index in [-0.39, 0.29) is 19.4 Å². The first-order valence-corrected chi connectivity index (χ1v) is 9.32. The summed E-state index contributed by atoms with van der Waals surface area (Å²) in [6, 6.07) is 4.47. The monoisotopic (exact) mass is 424 g/mol. The predicted octanol–water partition coefficient (Wildman–Crippen LogP) is 0.325. The molecule has 0 aliphatic rings. The molecule has 1 rings (SSSR count). The van der Waals surface area contributed by atoms with Gasteiger partial charge in [-0.25, -0.2) is 0 Å². The first-order valence-electron chi connectivity index (χ1n) is 8.95. The second-order valence-electron chi connectivity index (χ2n) is 6.47. The molecule has 0 spiro atoms. The Kier molecular flexibility index (Phi) is 9.98. The lowest BCUT2D eigenvalue weighted by Crippen LogP contribution is -2.56. The average Bonchev–Trinajstić information content (AvgIpc) is 2.67. The summed E-state index contributed by atoms with van der Waals surface area (Å²) in [5.41, 5.74) is 0.781. The third kappa shape index (κ3) is 8.84. The topological polar surface area (TPSA) is 148 Å². The smallest absolute Gasteiger partial charge is 0.245 e. The number of carbonyl (C=O) groups excluding carboxylic acids is 4. The number of nitrogens with one attached hydrogen (secondary N) is 4. The fraction of sp³-hybridized carbons (Fsp3) is 0.421. The van der Waals surface area contributed by atoms with Crippen LogP contribution in [0, 0.1) is 5.41 Å². The molecular formula is C19H25ClN4O5. The van der Waals surface area contributed by atoms with E-state index in [0.29, 0.717) is 11.2 Å². The quantitative estimate of drug-likeness (QED) is 0.324. The third-order valence-corrected chi connectivity index (χ3v) is 4.23. The summed E-state index contributed by atoms with van der Waals surface area (Å²) >= 11 is 5.82. The molecule has 0 saturated heterocycles. The number of halogens is 1.